The van der Waals surface area contributed by atoms with Crippen LogP contribution in [0.15, 0.2) is 48.5 Å². The molecule has 0 amide bonds. The van der Waals surface area contributed by atoms with Gasteiger partial charge in [0.25, 0.3) is 0 Å². The topological polar surface area (TPSA) is 59.3 Å². The lowest BCUT2D eigenvalue weighted by Crippen LogP contribution is -2.13. The molecule has 0 bridgehead atoms. The van der Waals surface area contributed by atoms with Crippen molar-refractivity contribution in [2.45, 2.75) is 0 Å². The second-order valence-corrected chi connectivity index (χ2v) is 5.09. The summed E-state index contributed by atoms with van der Waals surface area (Å²) in [5.74, 6) is -0.0381. The van der Waals surface area contributed by atoms with Crippen LogP contribution in [0.1, 0.15) is 11.1 Å². The van der Waals surface area contributed by atoms with Crippen molar-refractivity contribution in [3.05, 3.63) is 64.7 Å². The largest absolute Gasteiger partial charge is 0.425 e. The van der Waals surface area contributed by atoms with Crippen molar-refractivity contribution in [2.24, 2.45) is 0 Å². The van der Waals surface area contributed by atoms with Crippen molar-refractivity contribution in [3.63, 3.8) is 0 Å². The van der Waals surface area contributed by atoms with Crippen molar-refractivity contribution in [3.8, 4) is 11.8 Å². The first kappa shape index (κ1) is 16.8. The van der Waals surface area contributed by atoms with Gasteiger partial charge < -0.3 is 9.47 Å². The predicted octanol–water partition coefficient (Wildman–Crippen LogP) is 3.96. The molecule has 0 aliphatic carbocycles. The Morgan fingerprint density at radius 1 is 1.17 bits per heavy atom. The van der Waals surface area contributed by atoms with E-state index >= 15 is 0 Å². The standard InChI is InChI=1S/C18H14ClNO3/c1-22-12-18(21)23-17-8-2-13(3-9-17)10-15(11-20)14-4-6-16(19)7-5-14/h2-10H,12H2,1H3/b15-10-. The SMILES string of the molecule is COCC(=O)Oc1ccc(/C=C(/C#N)c2ccc(Cl)cc2)cc1. The molecule has 0 heterocycles. The number of hydrogen-bond donors (Lipinski definition) is 0. The average molecular weight is 328 g/mol. The van der Waals surface area contributed by atoms with Gasteiger partial charge in [-0.2, -0.15) is 5.26 Å². The number of carbonyl (C=O) groups excluding carboxylic acids is 1. The number of ether oxygens (including phenoxy) is 2. The fourth-order valence-corrected chi connectivity index (χ4v) is 2.01. The van der Waals surface area contributed by atoms with E-state index in [1.165, 1.54) is 7.11 Å². The highest BCUT2D eigenvalue weighted by Gasteiger charge is 2.04. The molecule has 2 aromatic carbocycles. The molecule has 4 nitrogen and oxygen atoms in total. The molecule has 0 aromatic heterocycles. The number of allylic oxidation sites excluding steroid dienone is 1. The molecule has 23 heavy (non-hydrogen) atoms. The average Bonchev–Trinajstić information content (AvgIpc) is 2.55. The first-order chi connectivity index (χ1) is 11.1. The minimum Gasteiger partial charge on any atom is -0.425 e. The highest BCUT2D eigenvalue weighted by atomic mass is 35.5. The molecule has 0 atom stereocenters. The van der Waals surface area contributed by atoms with E-state index in [0.29, 0.717) is 16.3 Å². The molecule has 0 fully saturated rings. The van der Waals surface area contributed by atoms with E-state index in [9.17, 15) is 10.1 Å². The zero-order valence-corrected chi connectivity index (χ0v) is 13.2. The van der Waals surface area contributed by atoms with Crippen molar-refractivity contribution in [1.29, 1.82) is 5.26 Å². The van der Waals surface area contributed by atoms with Crippen LogP contribution in [-0.2, 0) is 9.53 Å². The molecule has 0 aliphatic rings. The van der Waals surface area contributed by atoms with Crippen molar-refractivity contribution < 1.29 is 14.3 Å². The number of rotatable bonds is 5. The summed E-state index contributed by atoms with van der Waals surface area (Å²) in [6.07, 6.45) is 1.75. The molecule has 0 radical (unpaired) electrons. The Hall–Kier alpha value is -2.61. The van der Waals surface area contributed by atoms with Crippen LogP contribution in [0.5, 0.6) is 5.75 Å². The number of nitrogens with zero attached hydrogens (tertiary/aromatic N) is 1. The Bertz CT molecular complexity index is 743. The Morgan fingerprint density at radius 3 is 2.39 bits per heavy atom. The molecule has 0 N–H and O–H groups in total. The highest BCUT2D eigenvalue weighted by molar-refractivity contribution is 6.30. The third kappa shape index (κ3) is 4.96. The van der Waals surface area contributed by atoms with Crippen LogP contribution in [0.25, 0.3) is 11.6 Å². The second-order valence-electron chi connectivity index (χ2n) is 4.65. The summed E-state index contributed by atoms with van der Waals surface area (Å²) in [7, 11) is 1.43. The third-order valence-electron chi connectivity index (χ3n) is 2.96. The lowest BCUT2D eigenvalue weighted by atomic mass is 10.0. The molecule has 2 aromatic rings. The molecule has 116 valence electrons. The van der Waals surface area contributed by atoms with Gasteiger partial charge in [0, 0.05) is 12.1 Å². The minimum absolute atomic E-state index is 0.100. The molecule has 0 saturated heterocycles. The van der Waals surface area contributed by atoms with Crippen molar-refractivity contribution >= 4 is 29.2 Å². The zero-order chi connectivity index (χ0) is 16.7. The van der Waals surface area contributed by atoms with E-state index in [1.807, 2.05) is 0 Å². The normalized spacial score (nSPS) is 10.9. The molecule has 0 saturated carbocycles. The molecule has 0 unspecified atom stereocenters. The van der Waals surface area contributed by atoms with Gasteiger partial charge in [0.15, 0.2) is 0 Å². The van der Waals surface area contributed by atoms with Crippen LogP contribution < -0.4 is 4.74 Å². The third-order valence-corrected chi connectivity index (χ3v) is 3.21. The Morgan fingerprint density at radius 2 is 1.83 bits per heavy atom. The molecule has 5 heteroatoms. The van der Waals surface area contributed by atoms with Crippen LogP contribution in [0, 0.1) is 11.3 Å². The van der Waals surface area contributed by atoms with E-state index in [4.69, 9.17) is 21.1 Å². The lowest BCUT2D eigenvalue weighted by Gasteiger charge is -2.04. The van der Waals surface area contributed by atoms with Crippen LogP contribution in [0.4, 0.5) is 0 Å². The van der Waals surface area contributed by atoms with Gasteiger partial charge in [0.2, 0.25) is 0 Å². The van der Waals surface area contributed by atoms with Gasteiger partial charge in [-0.15, -0.1) is 0 Å². The summed E-state index contributed by atoms with van der Waals surface area (Å²) in [5, 5.41) is 9.93. The van der Waals surface area contributed by atoms with Crippen LogP contribution in [-0.4, -0.2) is 19.7 Å². The molecular weight excluding hydrogens is 314 g/mol. The number of nitriles is 1. The fraction of sp³-hybridized carbons (Fsp3) is 0.111. The molecule has 2 rings (SSSR count). The summed E-state index contributed by atoms with van der Waals surface area (Å²) in [6.45, 7) is -0.100. The fourth-order valence-electron chi connectivity index (χ4n) is 1.89. The lowest BCUT2D eigenvalue weighted by molar-refractivity contribution is -0.138. The summed E-state index contributed by atoms with van der Waals surface area (Å²) < 4.78 is 9.77. The molecular formula is C18H14ClNO3. The maximum absolute atomic E-state index is 11.3. The summed E-state index contributed by atoms with van der Waals surface area (Å²) in [5.41, 5.74) is 2.13. The monoisotopic (exact) mass is 327 g/mol. The first-order valence-corrected chi connectivity index (χ1v) is 7.17. The molecule has 0 spiro atoms. The van der Waals surface area contributed by atoms with Gasteiger partial charge >= 0.3 is 5.97 Å². The first-order valence-electron chi connectivity index (χ1n) is 6.80. The number of halogens is 1. The van der Waals surface area contributed by atoms with Crippen molar-refractivity contribution in [2.75, 3.05) is 13.7 Å². The van der Waals surface area contributed by atoms with Gasteiger partial charge in [0.05, 0.1) is 11.6 Å². The Balaban J connectivity index is 2.16. The minimum atomic E-state index is -0.463. The Kier molecular flexibility index (Phi) is 5.93. The van der Waals surface area contributed by atoms with E-state index in [1.54, 1.807) is 54.6 Å². The van der Waals surface area contributed by atoms with E-state index in [0.717, 1.165) is 11.1 Å². The van der Waals surface area contributed by atoms with Gasteiger partial charge in [-0.3, -0.25) is 0 Å². The van der Waals surface area contributed by atoms with Crippen LogP contribution in [0.2, 0.25) is 5.02 Å². The number of methoxy groups -OCH3 is 1. The quantitative estimate of drug-likeness (QED) is 0.361. The summed E-state index contributed by atoms with van der Waals surface area (Å²) in [6, 6.07) is 16.1. The highest BCUT2D eigenvalue weighted by Crippen LogP contribution is 2.21. The number of hydrogen-bond acceptors (Lipinski definition) is 4. The van der Waals surface area contributed by atoms with Gasteiger partial charge in [-0.1, -0.05) is 35.9 Å². The van der Waals surface area contributed by atoms with Gasteiger partial charge in [-0.05, 0) is 41.5 Å². The predicted molar refractivity (Wildman–Crippen MR) is 88.9 cm³/mol. The number of carbonyl (C=O) groups is 1. The zero-order valence-electron chi connectivity index (χ0n) is 12.5. The van der Waals surface area contributed by atoms with E-state index in [-0.39, 0.29) is 6.61 Å². The van der Waals surface area contributed by atoms with Gasteiger partial charge in [-0.25, -0.2) is 4.79 Å². The van der Waals surface area contributed by atoms with Crippen molar-refractivity contribution in [1.82, 2.24) is 0 Å². The van der Waals surface area contributed by atoms with E-state index in [2.05, 4.69) is 6.07 Å². The van der Waals surface area contributed by atoms with Gasteiger partial charge in [0.1, 0.15) is 12.4 Å². The smallest absolute Gasteiger partial charge is 0.337 e. The summed E-state index contributed by atoms with van der Waals surface area (Å²) >= 11 is 5.85. The van der Waals surface area contributed by atoms with Crippen LogP contribution >= 0.6 is 11.6 Å². The Labute approximate surface area is 139 Å². The summed E-state index contributed by atoms with van der Waals surface area (Å²) in [4.78, 5) is 11.3. The maximum atomic E-state index is 11.3. The van der Waals surface area contributed by atoms with Crippen LogP contribution in [0.3, 0.4) is 0 Å². The maximum Gasteiger partial charge on any atom is 0.337 e. The number of esters is 1. The van der Waals surface area contributed by atoms with E-state index < -0.39 is 5.97 Å². The molecule has 0 aliphatic heterocycles. The second kappa shape index (κ2) is 8.14. The number of benzene rings is 2.